The summed E-state index contributed by atoms with van der Waals surface area (Å²) in [5, 5.41) is 10.1. The highest BCUT2D eigenvalue weighted by Gasteiger charge is 2.19. The second-order valence-electron chi connectivity index (χ2n) is 3.72. The van der Waals surface area contributed by atoms with Crippen molar-refractivity contribution in [3.05, 3.63) is 36.2 Å². The zero-order chi connectivity index (χ0) is 13.7. The van der Waals surface area contributed by atoms with E-state index in [-0.39, 0.29) is 10.9 Å². The van der Waals surface area contributed by atoms with Crippen molar-refractivity contribution < 1.29 is 12.8 Å². The molecule has 0 bridgehead atoms. The first-order valence-electron chi connectivity index (χ1n) is 5.72. The SMILES string of the molecule is CCNCc1ccc(S(=O)(=O)Nc2cccnn2)o1. The van der Waals surface area contributed by atoms with Crippen LogP contribution in [0.25, 0.3) is 0 Å². The Hall–Kier alpha value is -1.93. The summed E-state index contributed by atoms with van der Waals surface area (Å²) in [7, 11) is -3.76. The van der Waals surface area contributed by atoms with E-state index in [9.17, 15) is 8.42 Å². The van der Waals surface area contributed by atoms with Gasteiger partial charge in [0.25, 0.3) is 10.0 Å². The molecule has 0 amide bonds. The van der Waals surface area contributed by atoms with E-state index in [1.165, 1.54) is 18.3 Å². The van der Waals surface area contributed by atoms with Crippen molar-refractivity contribution in [2.75, 3.05) is 11.3 Å². The van der Waals surface area contributed by atoms with Crippen LogP contribution in [0.2, 0.25) is 0 Å². The van der Waals surface area contributed by atoms with Crippen LogP contribution in [0.4, 0.5) is 5.82 Å². The van der Waals surface area contributed by atoms with Gasteiger partial charge >= 0.3 is 0 Å². The molecule has 2 aromatic rings. The molecule has 19 heavy (non-hydrogen) atoms. The highest BCUT2D eigenvalue weighted by Crippen LogP contribution is 2.16. The molecule has 2 aromatic heterocycles. The van der Waals surface area contributed by atoms with Gasteiger partial charge < -0.3 is 9.73 Å². The minimum Gasteiger partial charge on any atom is -0.446 e. The number of hydrogen-bond acceptors (Lipinski definition) is 6. The molecule has 2 N–H and O–H groups in total. The van der Waals surface area contributed by atoms with Crippen LogP contribution in [0.15, 0.2) is 40.0 Å². The summed E-state index contributed by atoms with van der Waals surface area (Å²) < 4.78 is 31.5. The predicted molar refractivity (Wildman–Crippen MR) is 68.9 cm³/mol. The van der Waals surface area contributed by atoms with Gasteiger partial charge in [-0.2, -0.15) is 13.5 Å². The molecular weight excluding hydrogens is 268 g/mol. The lowest BCUT2D eigenvalue weighted by molar-refractivity contribution is 0.405. The number of furan rings is 1. The summed E-state index contributed by atoms with van der Waals surface area (Å²) in [6.07, 6.45) is 1.46. The van der Waals surface area contributed by atoms with Crippen LogP contribution in [-0.4, -0.2) is 25.2 Å². The minimum absolute atomic E-state index is 0.145. The van der Waals surface area contributed by atoms with Crippen molar-refractivity contribution in [2.24, 2.45) is 0 Å². The number of sulfonamides is 1. The third-order valence-electron chi connectivity index (χ3n) is 2.26. The van der Waals surface area contributed by atoms with Crippen LogP contribution in [0.5, 0.6) is 0 Å². The van der Waals surface area contributed by atoms with Gasteiger partial charge in [0.15, 0.2) is 5.82 Å². The van der Waals surface area contributed by atoms with Crippen LogP contribution in [-0.2, 0) is 16.6 Å². The summed E-state index contributed by atoms with van der Waals surface area (Å²) in [6.45, 7) is 3.22. The topological polar surface area (TPSA) is 97.1 Å². The Bertz CT molecular complexity index is 624. The molecular formula is C11H14N4O3S. The van der Waals surface area contributed by atoms with Crippen molar-refractivity contribution in [3.63, 3.8) is 0 Å². The average Bonchev–Trinajstić information content (AvgIpc) is 2.86. The summed E-state index contributed by atoms with van der Waals surface area (Å²) in [4.78, 5) is 0. The lowest BCUT2D eigenvalue weighted by Gasteiger charge is -2.03. The van der Waals surface area contributed by atoms with E-state index in [0.29, 0.717) is 12.3 Å². The molecule has 0 atom stereocenters. The maximum atomic E-state index is 12.0. The first kappa shape index (κ1) is 13.5. The van der Waals surface area contributed by atoms with E-state index in [1.807, 2.05) is 6.92 Å². The highest BCUT2D eigenvalue weighted by atomic mass is 32.2. The molecule has 0 spiro atoms. The smallest absolute Gasteiger partial charge is 0.296 e. The molecule has 0 aromatic carbocycles. The summed E-state index contributed by atoms with van der Waals surface area (Å²) in [5.74, 6) is 0.702. The van der Waals surface area contributed by atoms with E-state index in [4.69, 9.17) is 4.42 Å². The number of nitrogens with zero attached hydrogens (tertiary/aromatic N) is 2. The molecule has 0 saturated carbocycles. The summed E-state index contributed by atoms with van der Waals surface area (Å²) >= 11 is 0. The highest BCUT2D eigenvalue weighted by molar-refractivity contribution is 7.92. The van der Waals surface area contributed by atoms with E-state index in [0.717, 1.165) is 6.54 Å². The summed E-state index contributed by atoms with van der Waals surface area (Å²) in [6, 6.07) is 6.12. The number of anilines is 1. The Morgan fingerprint density at radius 2 is 2.16 bits per heavy atom. The number of rotatable bonds is 6. The molecule has 0 aliphatic carbocycles. The van der Waals surface area contributed by atoms with Gasteiger partial charge in [-0.3, -0.25) is 4.72 Å². The third-order valence-corrected chi connectivity index (χ3v) is 3.49. The van der Waals surface area contributed by atoms with Crippen molar-refractivity contribution in [2.45, 2.75) is 18.6 Å². The fourth-order valence-corrected chi connectivity index (χ4v) is 2.34. The summed E-state index contributed by atoms with van der Waals surface area (Å²) in [5.41, 5.74) is 0. The van der Waals surface area contributed by atoms with Crippen molar-refractivity contribution in [3.8, 4) is 0 Å². The number of nitrogens with one attached hydrogen (secondary N) is 2. The van der Waals surface area contributed by atoms with E-state index in [2.05, 4.69) is 20.2 Å². The number of aromatic nitrogens is 2. The van der Waals surface area contributed by atoms with E-state index in [1.54, 1.807) is 12.1 Å². The van der Waals surface area contributed by atoms with Gasteiger partial charge in [-0.05, 0) is 30.8 Å². The van der Waals surface area contributed by atoms with E-state index >= 15 is 0 Å². The maximum absolute atomic E-state index is 12.0. The van der Waals surface area contributed by atoms with Crippen LogP contribution < -0.4 is 10.0 Å². The van der Waals surface area contributed by atoms with Gasteiger partial charge in [-0.1, -0.05) is 6.92 Å². The van der Waals surface area contributed by atoms with Gasteiger partial charge in [-0.15, -0.1) is 5.10 Å². The molecule has 8 heteroatoms. The number of hydrogen-bond donors (Lipinski definition) is 2. The second kappa shape index (κ2) is 5.81. The normalized spacial score (nSPS) is 11.4. The Labute approximate surface area is 111 Å². The second-order valence-corrected chi connectivity index (χ2v) is 5.33. The lowest BCUT2D eigenvalue weighted by Crippen LogP contribution is -2.14. The first-order valence-corrected chi connectivity index (χ1v) is 7.20. The molecule has 0 aliphatic heterocycles. The van der Waals surface area contributed by atoms with Gasteiger partial charge in [0.1, 0.15) is 5.76 Å². The Kier molecular flexibility index (Phi) is 4.13. The van der Waals surface area contributed by atoms with Crippen LogP contribution >= 0.6 is 0 Å². The largest absolute Gasteiger partial charge is 0.446 e. The fourth-order valence-electron chi connectivity index (χ4n) is 1.39. The Balaban J connectivity index is 2.13. The van der Waals surface area contributed by atoms with E-state index < -0.39 is 10.0 Å². The monoisotopic (exact) mass is 282 g/mol. The predicted octanol–water partition coefficient (Wildman–Crippen LogP) is 0.980. The molecule has 7 nitrogen and oxygen atoms in total. The molecule has 0 fully saturated rings. The molecule has 2 heterocycles. The molecule has 0 unspecified atom stereocenters. The maximum Gasteiger partial charge on any atom is 0.296 e. The standard InChI is InChI=1S/C11H14N4O3S/c1-2-12-8-9-5-6-11(18-9)19(16,17)15-10-4-3-7-13-14-10/h3-7,12H,2,8H2,1H3,(H,14,15). The van der Waals surface area contributed by atoms with Gasteiger partial charge in [-0.25, -0.2) is 0 Å². The van der Waals surface area contributed by atoms with Crippen LogP contribution in [0.3, 0.4) is 0 Å². The first-order chi connectivity index (χ1) is 9.12. The Morgan fingerprint density at radius 1 is 1.32 bits per heavy atom. The molecule has 0 radical (unpaired) electrons. The van der Waals surface area contributed by atoms with Crippen LogP contribution in [0, 0.1) is 0 Å². The zero-order valence-electron chi connectivity index (χ0n) is 10.3. The third kappa shape index (κ3) is 3.52. The van der Waals surface area contributed by atoms with Crippen LogP contribution in [0.1, 0.15) is 12.7 Å². The molecule has 2 rings (SSSR count). The zero-order valence-corrected chi connectivity index (χ0v) is 11.1. The van der Waals surface area contributed by atoms with Gasteiger partial charge in [0, 0.05) is 6.20 Å². The molecule has 0 saturated heterocycles. The molecule has 0 aliphatic rings. The average molecular weight is 282 g/mol. The van der Waals surface area contributed by atoms with Crippen molar-refractivity contribution >= 4 is 15.8 Å². The quantitative estimate of drug-likeness (QED) is 0.819. The van der Waals surface area contributed by atoms with Crippen molar-refractivity contribution in [1.82, 2.24) is 15.5 Å². The molecule has 102 valence electrons. The fraction of sp³-hybridized carbons (Fsp3) is 0.273. The van der Waals surface area contributed by atoms with Crippen molar-refractivity contribution in [1.29, 1.82) is 0 Å². The van der Waals surface area contributed by atoms with Gasteiger partial charge in [0.2, 0.25) is 5.09 Å². The lowest BCUT2D eigenvalue weighted by atomic mass is 10.4. The minimum atomic E-state index is -3.76. The Morgan fingerprint density at radius 3 is 2.84 bits per heavy atom. The van der Waals surface area contributed by atoms with Gasteiger partial charge in [0.05, 0.1) is 6.54 Å².